The Morgan fingerprint density at radius 1 is 1.29 bits per heavy atom. The zero-order valence-corrected chi connectivity index (χ0v) is 14.9. The molecule has 1 saturated carbocycles. The van der Waals surface area contributed by atoms with E-state index in [0.29, 0.717) is 6.04 Å². The fourth-order valence-corrected chi connectivity index (χ4v) is 3.93. The van der Waals surface area contributed by atoms with Gasteiger partial charge in [-0.15, -0.1) is 0 Å². The molecule has 1 unspecified atom stereocenters. The van der Waals surface area contributed by atoms with E-state index in [1.54, 1.807) is 7.11 Å². The summed E-state index contributed by atoms with van der Waals surface area (Å²) in [6, 6.07) is 6.86. The smallest absolute Gasteiger partial charge is 0.122 e. The van der Waals surface area contributed by atoms with Gasteiger partial charge in [-0.05, 0) is 49.1 Å². The molecule has 21 heavy (non-hydrogen) atoms. The summed E-state index contributed by atoms with van der Waals surface area (Å²) < 4.78 is 6.65. The van der Waals surface area contributed by atoms with Crippen LogP contribution in [-0.4, -0.2) is 19.7 Å². The third-order valence-corrected chi connectivity index (χ3v) is 5.04. The Morgan fingerprint density at radius 3 is 2.71 bits per heavy atom. The van der Waals surface area contributed by atoms with E-state index in [9.17, 15) is 0 Å². The molecular weight excluding hydrogens is 326 g/mol. The summed E-state index contributed by atoms with van der Waals surface area (Å²) in [6.07, 6.45) is 9.45. The number of rotatable bonds is 7. The van der Waals surface area contributed by atoms with Crippen molar-refractivity contribution < 1.29 is 4.74 Å². The molecule has 1 aliphatic carbocycles. The number of ether oxygens (including phenoxy) is 1. The molecule has 1 aliphatic rings. The summed E-state index contributed by atoms with van der Waals surface area (Å²) in [7, 11) is 1.76. The number of likely N-dealkylation sites (N-methyl/N-ethyl adjacent to an activating group) is 1. The molecule has 0 bridgehead atoms. The molecule has 1 fully saturated rings. The van der Waals surface area contributed by atoms with Crippen molar-refractivity contribution in [2.24, 2.45) is 5.92 Å². The maximum absolute atomic E-state index is 5.52. The van der Waals surface area contributed by atoms with E-state index in [0.717, 1.165) is 29.1 Å². The first kappa shape index (κ1) is 16.8. The molecule has 118 valence electrons. The molecule has 0 aliphatic heterocycles. The standard InChI is InChI=1S/C18H28BrNO/c1-3-20-17(11-14-7-5-4-6-8-14)13-15-12-16(19)9-10-18(15)21-2/h9-10,12,14,17,20H,3-8,11,13H2,1-2H3. The van der Waals surface area contributed by atoms with Crippen molar-refractivity contribution in [1.29, 1.82) is 0 Å². The first-order valence-corrected chi connectivity index (χ1v) is 9.08. The van der Waals surface area contributed by atoms with Crippen LogP contribution >= 0.6 is 15.9 Å². The van der Waals surface area contributed by atoms with E-state index in [4.69, 9.17) is 4.74 Å². The minimum Gasteiger partial charge on any atom is -0.496 e. The van der Waals surface area contributed by atoms with Crippen molar-refractivity contribution >= 4 is 15.9 Å². The Balaban J connectivity index is 2.02. The van der Waals surface area contributed by atoms with Gasteiger partial charge in [0.1, 0.15) is 5.75 Å². The Labute approximate surface area is 137 Å². The summed E-state index contributed by atoms with van der Waals surface area (Å²) in [5, 5.41) is 3.68. The number of halogens is 1. The van der Waals surface area contributed by atoms with Crippen LogP contribution in [0.15, 0.2) is 22.7 Å². The van der Waals surface area contributed by atoms with E-state index in [1.807, 2.05) is 6.07 Å². The Morgan fingerprint density at radius 2 is 2.05 bits per heavy atom. The van der Waals surface area contributed by atoms with Crippen molar-refractivity contribution in [1.82, 2.24) is 5.32 Å². The number of methoxy groups -OCH3 is 1. The summed E-state index contributed by atoms with van der Waals surface area (Å²) in [6.45, 7) is 3.24. The van der Waals surface area contributed by atoms with Crippen molar-refractivity contribution in [2.45, 2.75) is 57.9 Å². The molecule has 0 spiro atoms. The zero-order valence-electron chi connectivity index (χ0n) is 13.3. The van der Waals surface area contributed by atoms with Gasteiger partial charge in [0, 0.05) is 10.5 Å². The minimum absolute atomic E-state index is 0.557. The van der Waals surface area contributed by atoms with Gasteiger partial charge in [-0.2, -0.15) is 0 Å². The van der Waals surface area contributed by atoms with Crippen LogP contribution in [0.4, 0.5) is 0 Å². The third-order valence-electron chi connectivity index (χ3n) is 4.54. The third kappa shape index (κ3) is 5.30. The highest BCUT2D eigenvalue weighted by Crippen LogP contribution is 2.30. The molecule has 0 amide bonds. The van der Waals surface area contributed by atoms with Gasteiger partial charge < -0.3 is 10.1 Å². The lowest BCUT2D eigenvalue weighted by Gasteiger charge is -2.27. The average Bonchev–Trinajstić information content (AvgIpc) is 2.49. The molecule has 0 saturated heterocycles. The fraction of sp³-hybridized carbons (Fsp3) is 0.667. The SMILES string of the molecule is CCNC(Cc1cc(Br)ccc1OC)CC1CCCCC1. The Hall–Kier alpha value is -0.540. The highest BCUT2D eigenvalue weighted by molar-refractivity contribution is 9.10. The van der Waals surface area contributed by atoms with Gasteiger partial charge in [-0.25, -0.2) is 0 Å². The zero-order chi connectivity index (χ0) is 15.1. The van der Waals surface area contributed by atoms with Gasteiger partial charge in [0.25, 0.3) is 0 Å². The highest BCUT2D eigenvalue weighted by atomic mass is 79.9. The molecule has 1 atom stereocenters. The number of benzene rings is 1. The van der Waals surface area contributed by atoms with Crippen LogP contribution in [0.2, 0.25) is 0 Å². The lowest BCUT2D eigenvalue weighted by Crippen LogP contribution is -2.33. The lowest BCUT2D eigenvalue weighted by molar-refractivity contribution is 0.297. The summed E-state index contributed by atoms with van der Waals surface area (Å²) in [5.74, 6) is 1.91. The molecule has 3 heteroatoms. The van der Waals surface area contributed by atoms with E-state index >= 15 is 0 Å². The minimum atomic E-state index is 0.557. The maximum atomic E-state index is 5.52. The van der Waals surface area contributed by atoms with Gasteiger partial charge in [-0.1, -0.05) is 55.0 Å². The van der Waals surface area contributed by atoms with E-state index in [2.05, 4.69) is 40.3 Å². The number of nitrogens with one attached hydrogen (secondary N) is 1. The molecule has 0 heterocycles. The topological polar surface area (TPSA) is 21.3 Å². The van der Waals surface area contributed by atoms with Gasteiger partial charge in [-0.3, -0.25) is 0 Å². The highest BCUT2D eigenvalue weighted by Gasteiger charge is 2.20. The van der Waals surface area contributed by atoms with Crippen LogP contribution in [-0.2, 0) is 6.42 Å². The average molecular weight is 354 g/mol. The summed E-state index contributed by atoms with van der Waals surface area (Å²) in [5.41, 5.74) is 1.30. The van der Waals surface area contributed by atoms with Crippen LogP contribution in [0.5, 0.6) is 5.75 Å². The molecule has 1 aromatic carbocycles. The van der Waals surface area contributed by atoms with Crippen LogP contribution in [0, 0.1) is 5.92 Å². The van der Waals surface area contributed by atoms with Crippen LogP contribution in [0.25, 0.3) is 0 Å². The fourth-order valence-electron chi connectivity index (χ4n) is 3.52. The van der Waals surface area contributed by atoms with Crippen molar-refractivity contribution in [3.8, 4) is 5.75 Å². The van der Waals surface area contributed by atoms with Crippen LogP contribution in [0.3, 0.4) is 0 Å². The molecule has 1 aromatic rings. The van der Waals surface area contributed by atoms with Crippen molar-refractivity contribution in [3.05, 3.63) is 28.2 Å². The van der Waals surface area contributed by atoms with Gasteiger partial charge in [0.15, 0.2) is 0 Å². The largest absolute Gasteiger partial charge is 0.496 e. The molecule has 0 radical (unpaired) electrons. The quantitative estimate of drug-likeness (QED) is 0.748. The maximum Gasteiger partial charge on any atom is 0.122 e. The van der Waals surface area contributed by atoms with Crippen LogP contribution < -0.4 is 10.1 Å². The first-order valence-electron chi connectivity index (χ1n) is 8.28. The summed E-state index contributed by atoms with van der Waals surface area (Å²) >= 11 is 3.58. The second-order valence-electron chi connectivity index (χ2n) is 6.15. The first-order chi connectivity index (χ1) is 10.2. The Bertz CT molecular complexity index is 429. The second-order valence-corrected chi connectivity index (χ2v) is 7.07. The monoisotopic (exact) mass is 353 g/mol. The number of hydrogen-bond donors (Lipinski definition) is 1. The number of hydrogen-bond acceptors (Lipinski definition) is 2. The van der Waals surface area contributed by atoms with E-state index in [-0.39, 0.29) is 0 Å². The van der Waals surface area contributed by atoms with Gasteiger partial charge >= 0.3 is 0 Å². The molecule has 0 aromatic heterocycles. The predicted octanol–water partition coefficient (Wildman–Crippen LogP) is 4.95. The Kier molecular flexibility index (Phi) is 7.05. The second kappa shape index (κ2) is 8.79. The van der Waals surface area contributed by atoms with E-state index < -0.39 is 0 Å². The predicted molar refractivity (Wildman–Crippen MR) is 93.1 cm³/mol. The van der Waals surface area contributed by atoms with Crippen molar-refractivity contribution in [3.63, 3.8) is 0 Å². The molecular formula is C18H28BrNO. The van der Waals surface area contributed by atoms with E-state index in [1.165, 1.54) is 44.1 Å². The lowest BCUT2D eigenvalue weighted by atomic mass is 9.83. The molecule has 1 N–H and O–H groups in total. The molecule has 2 rings (SSSR count). The van der Waals surface area contributed by atoms with Crippen molar-refractivity contribution in [2.75, 3.05) is 13.7 Å². The van der Waals surface area contributed by atoms with Crippen LogP contribution in [0.1, 0.15) is 51.0 Å². The van der Waals surface area contributed by atoms with Gasteiger partial charge in [0.2, 0.25) is 0 Å². The van der Waals surface area contributed by atoms with Gasteiger partial charge in [0.05, 0.1) is 7.11 Å². The molecule has 2 nitrogen and oxygen atoms in total. The normalized spacial score (nSPS) is 17.7. The summed E-state index contributed by atoms with van der Waals surface area (Å²) in [4.78, 5) is 0.